The summed E-state index contributed by atoms with van der Waals surface area (Å²) in [7, 11) is 3.35. The third kappa shape index (κ3) is 5.01. The van der Waals surface area contributed by atoms with Gasteiger partial charge < -0.3 is 19.5 Å². The Labute approximate surface area is 174 Å². The SMILES string of the molecule is CCNCc1c(OC)cc(OCc2cccc(C3=CCCC=C3)c2C)cc1OC. The molecule has 2 aromatic carbocycles. The summed E-state index contributed by atoms with van der Waals surface area (Å²) in [6.45, 7) is 6.30. The molecule has 0 unspecified atom stereocenters. The van der Waals surface area contributed by atoms with Crippen molar-refractivity contribution in [3.05, 3.63) is 70.8 Å². The van der Waals surface area contributed by atoms with Crippen molar-refractivity contribution in [2.75, 3.05) is 20.8 Å². The lowest BCUT2D eigenvalue weighted by Gasteiger charge is -2.17. The summed E-state index contributed by atoms with van der Waals surface area (Å²) in [5, 5.41) is 3.32. The Bertz CT molecular complexity index is 874. The maximum atomic E-state index is 6.14. The van der Waals surface area contributed by atoms with Crippen molar-refractivity contribution in [1.82, 2.24) is 5.32 Å². The molecule has 0 saturated heterocycles. The van der Waals surface area contributed by atoms with Crippen molar-refractivity contribution in [1.29, 1.82) is 0 Å². The van der Waals surface area contributed by atoms with Crippen LogP contribution < -0.4 is 19.5 Å². The molecule has 154 valence electrons. The maximum absolute atomic E-state index is 6.14. The van der Waals surface area contributed by atoms with E-state index < -0.39 is 0 Å². The van der Waals surface area contributed by atoms with Crippen molar-refractivity contribution >= 4 is 5.57 Å². The molecule has 0 aliphatic heterocycles. The van der Waals surface area contributed by atoms with Gasteiger partial charge in [0.15, 0.2) is 0 Å². The molecular weight excluding hydrogens is 362 g/mol. The van der Waals surface area contributed by atoms with Crippen LogP contribution in [0.3, 0.4) is 0 Å². The summed E-state index contributed by atoms with van der Waals surface area (Å²) >= 11 is 0. The van der Waals surface area contributed by atoms with E-state index in [-0.39, 0.29) is 0 Å². The van der Waals surface area contributed by atoms with Gasteiger partial charge in [0.2, 0.25) is 0 Å². The molecule has 0 amide bonds. The highest BCUT2D eigenvalue weighted by Crippen LogP contribution is 2.35. The highest BCUT2D eigenvalue weighted by Gasteiger charge is 2.14. The lowest BCUT2D eigenvalue weighted by Crippen LogP contribution is -2.13. The first-order valence-electron chi connectivity index (χ1n) is 10.2. The second-order valence-corrected chi connectivity index (χ2v) is 7.10. The van der Waals surface area contributed by atoms with E-state index in [0.717, 1.165) is 42.2 Å². The topological polar surface area (TPSA) is 39.7 Å². The van der Waals surface area contributed by atoms with Gasteiger partial charge in [0.05, 0.1) is 19.8 Å². The average molecular weight is 394 g/mol. The number of methoxy groups -OCH3 is 2. The molecule has 0 heterocycles. The molecule has 29 heavy (non-hydrogen) atoms. The Kier molecular flexibility index (Phi) is 7.36. The number of ether oxygens (including phenoxy) is 3. The third-order valence-corrected chi connectivity index (χ3v) is 5.28. The van der Waals surface area contributed by atoms with E-state index in [1.807, 2.05) is 12.1 Å². The average Bonchev–Trinajstić information content (AvgIpc) is 2.77. The van der Waals surface area contributed by atoms with Crippen LogP contribution in [0.4, 0.5) is 0 Å². The third-order valence-electron chi connectivity index (χ3n) is 5.28. The minimum absolute atomic E-state index is 0.496. The molecule has 0 aromatic heterocycles. The number of rotatable bonds is 9. The molecule has 0 bridgehead atoms. The second kappa shape index (κ2) is 10.2. The first kappa shape index (κ1) is 21.0. The van der Waals surface area contributed by atoms with Gasteiger partial charge in [-0.1, -0.05) is 43.4 Å². The summed E-state index contributed by atoms with van der Waals surface area (Å²) < 4.78 is 17.3. The molecule has 2 aromatic rings. The van der Waals surface area contributed by atoms with Crippen LogP contribution in [0.15, 0.2) is 48.6 Å². The highest BCUT2D eigenvalue weighted by molar-refractivity contribution is 5.77. The zero-order valence-corrected chi connectivity index (χ0v) is 17.9. The fourth-order valence-corrected chi connectivity index (χ4v) is 3.59. The van der Waals surface area contributed by atoms with Crippen LogP contribution in [0.25, 0.3) is 5.57 Å². The Morgan fingerprint density at radius 2 is 1.79 bits per heavy atom. The summed E-state index contributed by atoms with van der Waals surface area (Å²) in [5.41, 5.74) is 6.01. The number of hydrogen-bond donors (Lipinski definition) is 1. The first-order valence-corrected chi connectivity index (χ1v) is 10.2. The predicted molar refractivity (Wildman–Crippen MR) is 119 cm³/mol. The van der Waals surface area contributed by atoms with Crippen LogP contribution in [0.1, 0.15) is 42.0 Å². The molecule has 0 fully saturated rings. The molecule has 1 aliphatic rings. The quantitative estimate of drug-likeness (QED) is 0.616. The molecule has 1 N–H and O–H groups in total. The minimum atomic E-state index is 0.496. The fourth-order valence-electron chi connectivity index (χ4n) is 3.59. The summed E-state index contributed by atoms with van der Waals surface area (Å²) in [4.78, 5) is 0. The van der Waals surface area contributed by atoms with Gasteiger partial charge in [0.1, 0.15) is 23.9 Å². The van der Waals surface area contributed by atoms with Gasteiger partial charge in [-0.3, -0.25) is 0 Å². The molecule has 1 aliphatic carbocycles. The van der Waals surface area contributed by atoms with Gasteiger partial charge in [0.25, 0.3) is 0 Å². The van der Waals surface area contributed by atoms with E-state index in [1.165, 1.54) is 22.3 Å². The first-order chi connectivity index (χ1) is 14.2. The monoisotopic (exact) mass is 393 g/mol. The maximum Gasteiger partial charge on any atom is 0.130 e. The van der Waals surface area contributed by atoms with E-state index in [4.69, 9.17) is 14.2 Å². The summed E-state index contributed by atoms with van der Waals surface area (Å²) in [6.07, 6.45) is 9.00. The number of hydrogen-bond acceptors (Lipinski definition) is 4. The summed E-state index contributed by atoms with van der Waals surface area (Å²) in [6, 6.07) is 10.3. The molecular formula is C25H31NO3. The minimum Gasteiger partial charge on any atom is -0.496 e. The number of allylic oxidation sites excluding steroid dienone is 4. The predicted octanol–water partition coefficient (Wildman–Crippen LogP) is 5.43. The lowest BCUT2D eigenvalue weighted by atomic mass is 9.93. The molecule has 3 rings (SSSR count). The van der Waals surface area contributed by atoms with Gasteiger partial charge >= 0.3 is 0 Å². The Morgan fingerprint density at radius 1 is 1.03 bits per heavy atom. The molecule has 4 heteroatoms. The fraction of sp³-hybridized carbons (Fsp3) is 0.360. The van der Waals surface area contributed by atoms with Gasteiger partial charge in [-0.15, -0.1) is 0 Å². The Balaban J connectivity index is 1.81. The number of benzene rings is 2. The largest absolute Gasteiger partial charge is 0.496 e. The zero-order chi connectivity index (χ0) is 20.6. The number of nitrogens with one attached hydrogen (secondary N) is 1. The normalized spacial score (nSPS) is 13.2. The van der Waals surface area contributed by atoms with Crippen LogP contribution in [0.2, 0.25) is 0 Å². The summed E-state index contributed by atoms with van der Waals surface area (Å²) in [5.74, 6) is 2.27. The highest BCUT2D eigenvalue weighted by atomic mass is 16.5. The smallest absolute Gasteiger partial charge is 0.130 e. The van der Waals surface area contributed by atoms with Crippen molar-refractivity contribution < 1.29 is 14.2 Å². The zero-order valence-electron chi connectivity index (χ0n) is 17.9. The molecule has 0 atom stereocenters. The van der Waals surface area contributed by atoms with Gasteiger partial charge in [-0.25, -0.2) is 0 Å². The second-order valence-electron chi connectivity index (χ2n) is 7.10. The van der Waals surface area contributed by atoms with Crippen molar-refractivity contribution in [3.63, 3.8) is 0 Å². The van der Waals surface area contributed by atoms with Crippen LogP contribution in [0.5, 0.6) is 17.2 Å². The van der Waals surface area contributed by atoms with Gasteiger partial charge in [0, 0.05) is 18.7 Å². The van der Waals surface area contributed by atoms with E-state index in [0.29, 0.717) is 13.2 Å². The van der Waals surface area contributed by atoms with Crippen molar-refractivity contribution in [2.45, 2.75) is 39.8 Å². The van der Waals surface area contributed by atoms with Crippen LogP contribution >= 0.6 is 0 Å². The van der Waals surface area contributed by atoms with Crippen molar-refractivity contribution in [2.24, 2.45) is 0 Å². The lowest BCUT2D eigenvalue weighted by molar-refractivity contribution is 0.298. The van der Waals surface area contributed by atoms with Crippen molar-refractivity contribution in [3.8, 4) is 17.2 Å². The van der Waals surface area contributed by atoms with Crippen LogP contribution in [-0.4, -0.2) is 20.8 Å². The molecule has 4 nitrogen and oxygen atoms in total. The van der Waals surface area contributed by atoms with Crippen LogP contribution in [0, 0.1) is 6.92 Å². The van der Waals surface area contributed by atoms with E-state index in [2.05, 4.69) is 55.6 Å². The van der Waals surface area contributed by atoms with Crippen LogP contribution in [-0.2, 0) is 13.2 Å². The Hall–Kier alpha value is -2.72. The van der Waals surface area contributed by atoms with E-state index in [9.17, 15) is 0 Å². The molecule has 0 saturated carbocycles. The molecule has 0 spiro atoms. The van der Waals surface area contributed by atoms with Gasteiger partial charge in [-0.05, 0) is 48.6 Å². The Morgan fingerprint density at radius 3 is 2.41 bits per heavy atom. The van der Waals surface area contributed by atoms with Gasteiger partial charge in [-0.2, -0.15) is 0 Å². The standard InChI is InChI=1S/C25H31NO3/c1-5-26-16-23-24(27-3)14-21(15-25(23)28-4)29-17-20-12-9-13-22(18(20)2)19-10-7-6-8-11-19/h7,9-15,26H,5-6,8,16-17H2,1-4H3. The molecule has 0 radical (unpaired) electrons. The van der Waals surface area contributed by atoms with E-state index in [1.54, 1.807) is 14.2 Å². The van der Waals surface area contributed by atoms with E-state index >= 15 is 0 Å².